The molecule has 2 N–H and O–H groups in total. The van der Waals surface area contributed by atoms with E-state index in [2.05, 4.69) is 35.2 Å². The minimum absolute atomic E-state index is 0.224. The van der Waals surface area contributed by atoms with Crippen molar-refractivity contribution in [2.45, 2.75) is 58.2 Å². The molecule has 1 aromatic heterocycles. The molecule has 2 heterocycles. The van der Waals surface area contributed by atoms with Crippen molar-refractivity contribution in [3.05, 3.63) is 18.2 Å². The summed E-state index contributed by atoms with van der Waals surface area (Å²) in [5, 5.41) is 0. The molecule has 0 aromatic carbocycles. The Kier molecular flexibility index (Phi) is 4.40. The molecule has 2 rings (SSSR count). The van der Waals surface area contributed by atoms with Gasteiger partial charge in [0.2, 0.25) is 0 Å². The number of likely N-dealkylation sites (N-methyl/N-ethyl adjacent to an activating group) is 1. The third kappa shape index (κ3) is 2.59. The molecule has 2 atom stereocenters. The van der Waals surface area contributed by atoms with E-state index in [9.17, 15) is 0 Å². The zero-order valence-corrected chi connectivity index (χ0v) is 11.8. The van der Waals surface area contributed by atoms with Crippen molar-refractivity contribution < 1.29 is 0 Å². The zero-order valence-electron chi connectivity index (χ0n) is 11.8. The first-order valence-corrected chi connectivity index (χ1v) is 7.16. The number of hydrogen-bond acceptors (Lipinski definition) is 3. The second-order valence-corrected chi connectivity index (χ2v) is 5.55. The Balaban J connectivity index is 2.33. The number of rotatable bonds is 3. The van der Waals surface area contributed by atoms with E-state index >= 15 is 0 Å². The van der Waals surface area contributed by atoms with Gasteiger partial charge in [-0.05, 0) is 39.8 Å². The number of hydrogen-bond donors (Lipinski definition) is 1. The van der Waals surface area contributed by atoms with E-state index < -0.39 is 0 Å². The second-order valence-electron chi connectivity index (χ2n) is 5.55. The highest BCUT2D eigenvalue weighted by atomic mass is 15.2. The molecule has 1 saturated heterocycles. The van der Waals surface area contributed by atoms with Crippen molar-refractivity contribution >= 4 is 0 Å². The first-order chi connectivity index (χ1) is 8.65. The average molecular weight is 250 g/mol. The van der Waals surface area contributed by atoms with Gasteiger partial charge in [0.1, 0.15) is 0 Å². The SMILES string of the molecule is CCN1CCCCC(N)C1c1cncn1C(C)C. The van der Waals surface area contributed by atoms with E-state index in [0.29, 0.717) is 12.1 Å². The quantitative estimate of drug-likeness (QED) is 0.895. The van der Waals surface area contributed by atoms with E-state index in [1.165, 1.54) is 18.5 Å². The monoisotopic (exact) mass is 250 g/mol. The molecule has 1 fully saturated rings. The van der Waals surface area contributed by atoms with Crippen LogP contribution in [0.15, 0.2) is 12.5 Å². The first-order valence-electron chi connectivity index (χ1n) is 7.16. The van der Waals surface area contributed by atoms with Crippen molar-refractivity contribution in [1.82, 2.24) is 14.5 Å². The molecule has 102 valence electrons. The summed E-state index contributed by atoms with van der Waals surface area (Å²) in [5.41, 5.74) is 7.70. The Bertz CT molecular complexity index is 372. The fraction of sp³-hybridized carbons (Fsp3) is 0.786. The number of nitrogens with two attached hydrogens (primary N) is 1. The maximum atomic E-state index is 6.42. The summed E-state index contributed by atoms with van der Waals surface area (Å²) in [7, 11) is 0. The van der Waals surface area contributed by atoms with E-state index in [4.69, 9.17) is 5.73 Å². The molecule has 0 saturated carbocycles. The second kappa shape index (κ2) is 5.85. The number of imidazole rings is 1. The molecule has 0 aliphatic carbocycles. The standard InChI is InChI=1S/C14H26N4/c1-4-17-8-6-5-7-12(15)14(17)13-9-16-10-18(13)11(2)3/h9-12,14H,4-8,15H2,1-3H3. The summed E-state index contributed by atoms with van der Waals surface area (Å²) in [4.78, 5) is 6.84. The lowest BCUT2D eigenvalue weighted by Gasteiger charge is -2.33. The van der Waals surface area contributed by atoms with Gasteiger partial charge in [0, 0.05) is 18.3 Å². The van der Waals surface area contributed by atoms with Crippen LogP contribution in [0.5, 0.6) is 0 Å². The van der Waals surface area contributed by atoms with Gasteiger partial charge in [-0.2, -0.15) is 0 Å². The molecular weight excluding hydrogens is 224 g/mol. The number of nitrogens with zero attached hydrogens (tertiary/aromatic N) is 3. The predicted octanol–water partition coefficient (Wildman–Crippen LogP) is 2.34. The molecule has 2 unspecified atom stereocenters. The lowest BCUT2D eigenvalue weighted by Crippen LogP contribution is -2.40. The summed E-state index contributed by atoms with van der Waals surface area (Å²) in [5.74, 6) is 0. The minimum atomic E-state index is 0.224. The Morgan fingerprint density at radius 3 is 2.89 bits per heavy atom. The molecule has 4 heteroatoms. The molecule has 18 heavy (non-hydrogen) atoms. The summed E-state index contributed by atoms with van der Waals surface area (Å²) < 4.78 is 2.26. The maximum absolute atomic E-state index is 6.42. The van der Waals surface area contributed by atoms with Crippen molar-refractivity contribution in [1.29, 1.82) is 0 Å². The molecule has 0 spiro atoms. The number of likely N-dealkylation sites (tertiary alicyclic amines) is 1. The first kappa shape index (κ1) is 13.6. The van der Waals surface area contributed by atoms with E-state index in [1.807, 2.05) is 12.5 Å². The molecule has 0 amide bonds. The third-order valence-electron chi connectivity index (χ3n) is 3.99. The Labute approximate surface area is 110 Å². The van der Waals surface area contributed by atoms with Crippen molar-refractivity contribution in [2.24, 2.45) is 5.73 Å². The molecule has 0 bridgehead atoms. The topological polar surface area (TPSA) is 47.1 Å². The van der Waals surface area contributed by atoms with Crippen LogP contribution in [0.2, 0.25) is 0 Å². The van der Waals surface area contributed by atoms with Gasteiger partial charge < -0.3 is 10.3 Å². The van der Waals surface area contributed by atoms with Crippen LogP contribution in [0.3, 0.4) is 0 Å². The van der Waals surface area contributed by atoms with Crippen LogP contribution in [0.25, 0.3) is 0 Å². The van der Waals surface area contributed by atoms with E-state index in [1.54, 1.807) is 0 Å². The van der Waals surface area contributed by atoms with Crippen molar-refractivity contribution in [3.63, 3.8) is 0 Å². The van der Waals surface area contributed by atoms with Crippen LogP contribution >= 0.6 is 0 Å². The summed E-state index contributed by atoms with van der Waals surface area (Å²) >= 11 is 0. The van der Waals surface area contributed by atoms with Gasteiger partial charge in [0.25, 0.3) is 0 Å². The van der Waals surface area contributed by atoms with Gasteiger partial charge >= 0.3 is 0 Å². The highest BCUT2D eigenvalue weighted by Crippen LogP contribution is 2.30. The predicted molar refractivity (Wildman–Crippen MR) is 74.4 cm³/mol. The Hall–Kier alpha value is -0.870. The average Bonchev–Trinajstić information content (AvgIpc) is 2.74. The Morgan fingerprint density at radius 1 is 1.44 bits per heavy atom. The minimum Gasteiger partial charge on any atom is -0.331 e. The van der Waals surface area contributed by atoms with Gasteiger partial charge in [0.15, 0.2) is 0 Å². The van der Waals surface area contributed by atoms with E-state index in [-0.39, 0.29) is 6.04 Å². The van der Waals surface area contributed by atoms with Crippen LogP contribution in [0, 0.1) is 0 Å². The maximum Gasteiger partial charge on any atom is 0.0951 e. The molecule has 0 radical (unpaired) electrons. The third-order valence-corrected chi connectivity index (χ3v) is 3.99. The van der Waals surface area contributed by atoms with Crippen molar-refractivity contribution in [3.8, 4) is 0 Å². The van der Waals surface area contributed by atoms with Crippen molar-refractivity contribution in [2.75, 3.05) is 13.1 Å². The summed E-state index contributed by atoms with van der Waals surface area (Å²) in [6.07, 6.45) is 7.55. The van der Waals surface area contributed by atoms with E-state index in [0.717, 1.165) is 19.5 Å². The highest BCUT2D eigenvalue weighted by Gasteiger charge is 2.30. The van der Waals surface area contributed by atoms with Gasteiger partial charge in [-0.25, -0.2) is 4.98 Å². The van der Waals surface area contributed by atoms with Gasteiger partial charge in [0.05, 0.1) is 18.1 Å². The van der Waals surface area contributed by atoms with Gasteiger partial charge in [-0.15, -0.1) is 0 Å². The normalized spacial score (nSPS) is 26.5. The van der Waals surface area contributed by atoms with Crippen LogP contribution in [0.1, 0.15) is 57.8 Å². The molecular formula is C14H26N4. The molecule has 1 aliphatic heterocycles. The fourth-order valence-corrected chi connectivity index (χ4v) is 3.00. The molecule has 4 nitrogen and oxygen atoms in total. The summed E-state index contributed by atoms with van der Waals surface area (Å²) in [6.45, 7) is 8.83. The lowest BCUT2D eigenvalue weighted by molar-refractivity contribution is 0.186. The highest BCUT2D eigenvalue weighted by molar-refractivity contribution is 5.11. The largest absolute Gasteiger partial charge is 0.331 e. The number of aromatic nitrogens is 2. The smallest absolute Gasteiger partial charge is 0.0951 e. The van der Waals surface area contributed by atoms with Gasteiger partial charge in [-0.1, -0.05) is 13.3 Å². The molecule has 1 aromatic rings. The Morgan fingerprint density at radius 2 is 2.22 bits per heavy atom. The fourth-order valence-electron chi connectivity index (χ4n) is 3.00. The summed E-state index contributed by atoms with van der Waals surface area (Å²) in [6, 6.07) is 0.987. The van der Waals surface area contributed by atoms with Crippen LogP contribution < -0.4 is 5.73 Å². The van der Waals surface area contributed by atoms with Crippen LogP contribution in [-0.2, 0) is 0 Å². The zero-order chi connectivity index (χ0) is 13.1. The van der Waals surface area contributed by atoms with Crippen LogP contribution in [0.4, 0.5) is 0 Å². The molecule has 1 aliphatic rings. The van der Waals surface area contributed by atoms with Gasteiger partial charge in [-0.3, -0.25) is 4.90 Å². The van der Waals surface area contributed by atoms with Crippen LogP contribution in [-0.4, -0.2) is 33.6 Å². The lowest BCUT2D eigenvalue weighted by atomic mass is 10.0.